The van der Waals surface area contributed by atoms with Crippen LogP contribution in [-0.2, 0) is 9.47 Å². The van der Waals surface area contributed by atoms with Crippen LogP contribution in [0.25, 0.3) is 21.5 Å². The summed E-state index contributed by atoms with van der Waals surface area (Å²) in [5.74, 6) is -0.946. The summed E-state index contributed by atoms with van der Waals surface area (Å²) in [6.45, 7) is 3.17. The van der Waals surface area contributed by atoms with Gasteiger partial charge in [-0.05, 0) is 47.2 Å². The number of rotatable bonds is 3. The van der Waals surface area contributed by atoms with Crippen molar-refractivity contribution >= 4 is 27.8 Å². The molecule has 1 aliphatic rings. The molecule has 5 rings (SSSR count). The molecule has 1 aliphatic heterocycles. The van der Waals surface area contributed by atoms with Crippen molar-refractivity contribution < 1.29 is 49.7 Å². The van der Waals surface area contributed by atoms with E-state index in [4.69, 9.17) is 14.2 Å². The van der Waals surface area contributed by atoms with Crippen molar-refractivity contribution in [2.24, 2.45) is 5.92 Å². The van der Waals surface area contributed by atoms with Gasteiger partial charge in [0.25, 0.3) is 0 Å². The maximum Gasteiger partial charge on any atom is 0.458 e. The maximum absolute atomic E-state index is 14.0. The number of alkyl halides is 3. The zero-order valence-electron chi connectivity index (χ0n) is 21.5. The zero-order valence-corrected chi connectivity index (χ0v) is 21.5. The fourth-order valence-corrected chi connectivity index (χ4v) is 4.09. The molecule has 0 atom stereocenters. The second-order valence-electron chi connectivity index (χ2n) is 9.17. The summed E-state index contributed by atoms with van der Waals surface area (Å²) >= 11 is 0. The molecule has 41 heavy (non-hydrogen) atoms. The van der Waals surface area contributed by atoms with Crippen molar-refractivity contribution in [2.75, 3.05) is 20.3 Å². The summed E-state index contributed by atoms with van der Waals surface area (Å²) < 4.78 is 107. The Hall–Kier alpha value is -4.14. The summed E-state index contributed by atoms with van der Waals surface area (Å²) in [6, 6.07) is 11.0. The Balaban J connectivity index is 0.000000189. The van der Waals surface area contributed by atoms with Crippen LogP contribution in [0.2, 0.25) is 0 Å². The molecule has 0 spiro atoms. The minimum Gasteiger partial charge on any atom is -0.497 e. The van der Waals surface area contributed by atoms with Gasteiger partial charge in [0.05, 0.1) is 31.5 Å². The van der Waals surface area contributed by atoms with Crippen LogP contribution in [0.5, 0.6) is 5.75 Å². The van der Waals surface area contributed by atoms with Crippen LogP contribution < -0.4 is 4.74 Å². The lowest BCUT2D eigenvalue weighted by Gasteiger charge is -2.27. The highest BCUT2D eigenvalue weighted by Gasteiger charge is 2.24. The molecule has 214 valence electrons. The summed E-state index contributed by atoms with van der Waals surface area (Å²) in [5, 5.41) is 0.723. The third-order valence-corrected chi connectivity index (χ3v) is 6.11. The van der Waals surface area contributed by atoms with Crippen molar-refractivity contribution in [1.29, 1.82) is 0 Å². The largest absolute Gasteiger partial charge is 0.497 e. The van der Waals surface area contributed by atoms with Gasteiger partial charge in [0, 0.05) is 28.2 Å². The zero-order chi connectivity index (χ0) is 29.9. The van der Waals surface area contributed by atoms with Crippen molar-refractivity contribution in [1.82, 2.24) is 0 Å². The number of ether oxygens (including phenoxy) is 3. The Bertz CT molecular complexity index is 1660. The van der Waals surface area contributed by atoms with Crippen LogP contribution in [0, 0.1) is 41.0 Å². The van der Waals surface area contributed by atoms with E-state index in [0.717, 1.165) is 18.1 Å². The van der Waals surface area contributed by atoms with Crippen molar-refractivity contribution in [3.63, 3.8) is 0 Å². The molecule has 0 radical (unpaired) electrons. The van der Waals surface area contributed by atoms with Crippen molar-refractivity contribution in [3.8, 4) is 17.6 Å². The quantitative estimate of drug-likeness (QED) is 0.142. The fourth-order valence-electron chi connectivity index (χ4n) is 4.09. The molecule has 11 heteroatoms. The lowest BCUT2D eigenvalue weighted by molar-refractivity contribution is -0.202. The number of carbonyl (C=O) groups is 1. The molecule has 0 aliphatic carbocycles. The van der Waals surface area contributed by atoms with Crippen LogP contribution in [0.3, 0.4) is 0 Å². The average Bonchev–Trinajstić information content (AvgIpc) is 2.92. The first-order valence-corrected chi connectivity index (χ1v) is 12.1. The highest BCUT2D eigenvalue weighted by molar-refractivity contribution is 5.90. The third kappa shape index (κ3) is 6.78. The lowest BCUT2D eigenvalue weighted by atomic mass is 10.0. The maximum atomic E-state index is 14.0. The van der Waals surface area contributed by atoms with Crippen molar-refractivity contribution in [2.45, 2.75) is 19.4 Å². The number of aldehydes is 1. The molecular weight excluding hydrogens is 557 g/mol. The van der Waals surface area contributed by atoms with Gasteiger partial charge in [0.1, 0.15) is 29.0 Å². The van der Waals surface area contributed by atoms with Gasteiger partial charge in [-0.1, -0.05) is 25.0 Å². The molecule has 0 saturated carbocycles. The second-order valence-corrected chi connectivity index (χ2v) is 9.17. The van der Waals surface area contributed by atoms with Crippen LogP contribution in [-0.4, -0.2) is 32.8 Å². The second kappa shape index (κ2) is 12.2. The first-order chi connectivity index (χ1) is 19.4. The summed E-state index contributed by atoms with van der Waals surface area (Å²) in [7, 11) is 1.39. The predicted octanol–water partition coefficient (Wildman–Crippen LogP) is 7.65. The minimum atomic E-state index is -4.81. The summed E-state index contributed by atoms with van der Waals surface area (Å²) in [5.41, 5.74) is -0.749. The first-order valence-electron chi connectivity index (χ1n) is 12.1. The number of carbonyl (C=O) groups excluding carboxylic acids is 1. The fraction of sp³-hybridized carbons (Fsp3) is 0.233. The number of halogens is 7. The topological polar surface area (TPSA) is 44.8 Å². The average molecular weight is 578 g/mol. The Morgan fingerprint density at radius 3 is 2.12 bits per heavy atom. The van der Waals surface area contributed by atoms with E-state index < -0.39 is 46.9 Å². The summed E-state index contributed by atoms with van der Waals surface area (Å²) in [6.07, 6.45) is -5.15. The Morgan fingerprint density at radius 2 is 1.49 bits per heavy atom. The van der Waals surface area contributed by atoms with Gasteiger partial charge in [-0.3, -0.25) is 4.79 Å². The predicted molar refractivity (Wildman–Crippen MR) is 136 cm³/mol. The Kier molecular flexibility index (Phi) is 8.85. The molecule has 1 saturated heterocycles. The van der Waals surface area contributed by atoms with Crippen LogP contribution in [0.1, 0.15) is 34.7 Å². The van der Waals surface area contributed by atoms with Gasteiger partial charge < -0.3 is 14.2 Å². The van der Waals surface area contributed by atoms with E-state index in [2.05, 4.69) is 0 Å². The molecule has 4 aromatic carbocycles. The monoisotopic (exact) mass is 578 g/mol. The highest BCUT2D eigenvalue weighted by Crippen LogP contribution is 2.30. The molecule has 0 aromatic heterocycles. The summed E-state index contributed by atoms with van der Waals surface area (Å²) in [4.78, 5) is 10.7. The molecule has 0 bridgehead atoms. The van der Waals surface area contributed by atoms with Crippen LogP contribution in [0.15, 0.2) is 48.5 Å². The SMILES string of the molecule is CC1COC(c2ccc3c(F)c(C=O)c(F)cc3c2)OC1.COc1ccc2c(F)c(C#CC(F)(F)F)c(F)cc2c1. The van der Waals surface area contributed by atoms with Gasteiger partial charge in [-0.25, -0.2) is 17.6 Å². The number of methoxy groups -OCH3 is 1. The standard InChI is InChI=1S/C16H14F2O3.C14H7F5O/c1-9-7-20-16(21-8-9)10-2-3-12-11(4-10)5-14(17)13(6-19)15(12)18;1-20-9-2-3-10-8(6-9)7-12(15)11(13(10)16)4-5-14(17,18)19/h2-6,9,16H,7-8H2,1H3;2-3,6-7H,1H3. The van der Waals surface area contributed by atoms with E-state index >= 15 is 0 Å². The normalized spacial score (nSPS) is 16.9. The molecular formula is C30H21F7O4. The lowest BCUT2D eigenvalue weighted by Crippen LogP contribution is -2.24. The number of hydrogen-bond acceptors (Lipinski definition) is 4. The molecule has 1 heterocycles. The number of hydrogen-bond donors (Lipinski definition) is 0. The third-order valence-electron chi connectivity index (χ3n) is 6.11. The first kappa shape index (κ1) is 29.8. The molecule has 0 amide bonds. The molecule has 4 aromatic rings. The van der Waals surface area contributed by atoms with E-state index in [1.807, 2.05) is 6.92 Å². The smallest absolute Gasteiger partial charge is 0.458 e. The van der Waals surface area contributed by atoms with E-state index in [0.29, 0.717) is 35.8 Å². The minimum absolute atomic E-state index is 0.0290. The van der Waals surface area contributed by atoms with Crippen LogP contribution >= 0.6 is 0 Å². The van der Waals surface area contributed by atoms with Gasteiger partial charge >= 0.3 is 6.18 Å². The van der Waals surface area contributed by atoms with E-state index in [9.17, 15) is 35.5 Å². The molecule has 0 unspecified atom stereocenters. The Morgan fingerprint density at radius 1 is 0.878 bits per heavy atom. The Labute approximate surface area is 229 Å². The van der Waals surface area contributed by atoms with E-state index in [-0.39, 0.29) is 22.4 Å². The highest BCUT2D eigenvalue weighted by atomic mass is 19.4. The number of fused-ring (bicyclic) bond motifs is 2. The molecule has 0 N–H and O–H groups in total. The van der Waals surface area contributed by atoms with Gasteiger partial charge in [0.15, 0.2) is 12.6 Å². The number of benzene rings is 4. The van der Waals surface area contributed by atoms with E-state index in [1.165, 1.54) is 37.3 Å². The van der Waals surface area contributed by atoms with Gasteiger partial charge in [0.2, 0.25) is 0 Å². The van der Waals surface area contributed by atoms with Crippen LogP contribution in [0.4, 0.5) is 30.7 Å². The van der Waals surface area contributed by atoms with Gasteiger partial charge in [-0.15, -0.1) is 0 Å². The van der Waals surface area contributed by atoms with Crippen molar-refractivity contribution in [3.05, 3.63) is 88.5 Å². The van der Waals surface area contributed by atoms with E-state index in [1.54, 1.807) is 12.1 Å². The van der Waals surface area contributed by atoms with Gasteiger partial charge in [-0.2, -0.15) is 13.2 Å². The molecule has 4 nitrogen and oxygen atoms in total. The molecule has 1 fully saturated rings.